The normalized spacial score (nSPS) is 11.2. The zero-order valence-corrected chi connectivity index (χ0v) is 16.4. The van der Waals surface area contributed by atoms with Crippen LogP contribution in [0.3, 0.4) is 0 Å². The van der Waals surface area contributed by atoms with Gasteiger partial charge in [0.15, 0.2) is 0 Å². The Bertz CT molecular complexity index is 1160. The molecule has 0 saturated heterocycles. The molecular weight excluding hydrogens is 370 g/mol. The smallest absolute Gasteiger partial charge is 0.316 e. The molecule has 9 heteroatoms. The highest BCUT2D eigenvalue weighted by Gasteiger charge is 2.12. The van der Waals surface area contributed by atoms with Gasteiger partial charge in [-0.15, -0.1) is 0 Å². The minimum atomic E-state index is -0.264. The Morgan fingerprint density at radius 3 is 2.90 bits per heavy atom. The number of aromatic nitrogens is 6. The van der Waals surface area contributed by atoms with E-state index in [0.717, 1.165) is 22.3 Å². The molecule has 0 unspecified atom stereocenters. The van der Waals surface area contributed by atoms with Crippen LogP contribution < -0.4 is 10.1 Å². The highest BCUT2D eigenvalue weighted by atomic mass is 16.5. The fourth-order valence-corrected chi connectivity index (χ4v) is 2.76. The summed E-state index contributed by atoms with van der Waals surface area (Å²) in [4.78, 5) is 28.5. The van der Waals surface area contributed by atoms with Gasteiger partial charge in [0.2, 0.25) is 0 Å². The Balaban J connectivity index is 1.55. The topological polar surface area (TPSA) is 111 Å². The molecule has 29 heavy (non-hydrogen) atoms. The number of pyridine rings is 1. The Morgan fingerprint density at radius 1 is 1.28 bits per heavy atom. The summed E-state index contributed by atoms with van der Waals surface area (Å²) in [5.74, 6) is 0.574. The number of anilines is 1. The molecule has 2 N–H and O–H groups in total. The summed E-state index contributed by atoms with van der Waals surface area (Å²) in [6.07, 6.45) is 6.52. The van der Waals surface area contributed by atoms with Crippen molar-refractivity contribution in [3.8, 4) is 17.4 Å². The summed E-state index contributed by atoms with van der Waals surface area (Å²) < 4.78 is 7.18. The molecule has 0 atom stereocenters. The summed E-state index contributed by atoms with van der Waals surface area (Å²) >= 11 is 0. The third-order valence-electron chi connectivity index (χ3n) is 4.17. The second-order valence-corrected chi connectivity index (χ2v) is 7.13. The van der Waals surface area contributed by atoms with Gasteiger partial charge in [-0.2, -0.15) is 10.1 Å². The van der Waals surface area contributed by atoms with Gasteiger partial charge in [-0.05, 0) is 18.1 Å². The van der Waals surface area contributed by atoms with E-state index in [2.05, 4.69) is 44.2 Å². The van der Waals surface area contributed by atoms with Crippen molar-refractivity contribution in [3.63, 3.8) is 0 Å². The fraction of sp³-hybridized carbons (Fsp3) is 0.250. The van der Waals surface area contributed by atoms with Crippen LogP contribution in [0.1, 0.15) is 24.2 Å². The van der Waals surface area contributed by atoms with E-state index in [-0.39, 0.29) is 5.91 Å². The second-order valence-electron chi connectivity index (χ2n) is 7.13. The predicted octanol–water partition coefficient (Wildman–Crippen LogP) is 3.04. The highest BCUT2D eigenvalue weighted by Crippen LogP contribution is 2.24. The molecule has 0 aliphatic carbocycles. The van der Waals surface area contributed by atoms with Gasteiger partial charge >= 0.3 is 6.01 Å². The molecule has 0 aliphatic heterocycles. The van der Waals surface area contributed by atoms with Gasteiger partial charge in [0, 0.05) is 37.1 Å². The van der Waals surface area contributed by atoms with Crippen molar-refractivity contribution in [2.24, 2.45) is 13.0 Å². The average molecular weight is 391 g/mol. The number of nitrogens with one attached hydrogen (secondary N) is 2. The number of rotatable bonds is 6. The van der Waals surface area contributed by atoms with Crippen molar-refractivity contribution in [1.29, 1.82) is 0 Å². The van der Waals surface area contributed by atoms with E-state index in [1.165, 1.54) is 6.20 Å². The number of carbonyl (C=O) groups is 1. The molecule has 0 fully saturated rings. The molecule has 0 aliphatic rings. The zero-order valence-electron chi connectivity index (χ0n) is 16.4. The van der Waals surface area contributed by atoms with Crippen LogP contribution >= 0.6 is 0 Å². The minimum Gasteiger partial charge on any atom is -0.463 e. The first-order valence-electron chi connectivity index (χ1n) is 9.23. The fourth-order valence-electron chi connectivity index (χ4n) is 2.76. The number of hydrogen-bond acceptors (Lipinski definition) is 6. The molecule has 0 bridgehead atoms. The van der Waals surface area contributed by atoms with Crippen LogP contribution in [0.4, 0.5) is 5.82 Å². The van der Waals surface area contributed by atoms with Crippen molar-refractivity contribution in [2.45, 2.75) is 13.8 Å². The molecule has 0 spiro atoms. The highest BCUT2D eigenvalue weighted by molar-refractivity contribution is 6.04. The number of ether oxygens (including phenoxy) is 1. The lowest BCUT2D eigenvalue weighted by molar-refractivity contribution is 0.102. The third kappa shape index (κ3) is 4.23. The number of aromatic amines is 1. The van der Waals surface area contributed by atoms with Crippen LogP contribution in [0.25, 0.3) is 22.3 Å². The van der Waals surface area contributed by atoms with Gasteiger partial charge < -0.3 is 15.0 Å². The van der Waals surface area contributed by atoms with Gasteiger partial charge in [0.1, 0.15) is 5.82 Å². The lowest BCUT2D eigenvalue weighted by Crippen LogP contribution is -2.12. The van der Waals surface area contributed by atoms with Crippen LogP contribution in [0.2, 0.25) is 0 Å². The molecule has 4 aromatic heterocycles. The standard InChI is InChI=1S/C20H21N7O2/c1-12(2)11-29-20-21-5-4-15(25-20)17-6-13-8-22-18(7-16(13)24-17)26-19(28)14-9-23-27(3)10-14/h4-10,12,24H,11H2,1-3H3,(H,22,26,28). The summed E-state index contributed by atoms with van der Waals surface area (Å²) in [5, 5.41) is 7.69. The summed E-state index contributed by atoms with van der Waals surface area (Å²) in [6.45, 7) is 4.69. The Morgan fingerprint density at radius 2 is 2.14 bits per heavy atom. The van der Waals surface area contributed by atoms with Crippen molar-refractivity contribution in [3.05, 3.63) is 48.5 Å². The van der Waals surface area contributed by atoms with Crippen LogP contribution in [0.5, 0.6) is 6.01 Å². The van der Waals surface area contributed by atoms with Crippen LogP contribution in [-0.2, 0) is 7.05 Å². The molecule has 9 nitrogen and oxygen atoms in total. The number of H-pyrrole nitrogens is 1. The molecule has 4 heterocycles. The quantitative estimate of drug-likeness (QED) is 0.523. The van der Waals surface area contributed by atoms with Crippen molar-refractivity contribution in [1.82, 2.24) is 29.7 Å². The maximum Gasteiger partial charge on any atom is 0.316 e. The molecule has 0 saturated carbocycles. The number of hydrogen-bond donors (Lipinski definition) is 2. The van der Waals surface area contributed by atoms with Gasteiger partial charge in [-0.1, -0.05) is 13.8 Å². The summed E-state index contributed by atoms with van der Waals surface area (Å²) in [7, 11) is 1.76. The molecule has 0 aromatic carbocycles. The SMILES string of the molecule is CC(C)COc1nccc(-c2cc3cnc(NC(=O)c4cnn(C)c4)cc3[nH]2)n1. The first-order chi connectivity index (χ1) is 14.0. The van der Waals surface area contributed by atoms with Gasteiger partial charge in [0.25, 0.3) is 5.91 Å². The molecule has 1 amide bonds. The van der Waals surface area contributed by atoms with E-state index in [0.29, 0.717) is 29.9 Å². The van der Waals surface area contributed by atoms with Crippen LogP contribution in [0, 0.1) is 5.92 Å². The maximum atomic E-state index is 12.3. The molecule has 0 radical (unpaired) electrons. The van der Waals surface area contributed by atoms with Gasteiger partial charge in [-0.3, -0.25) is 9.48 Å². The molecular formula is C20H21N7O2. The predicted molar refractivity (Wildman–Crippen MR) is 109 cm³/mol. The van der Waals surface area contributed by atoms with Crippen LogP contribution in [0.15, 0.2) is 43.0 Å². The van der Waals surface area contributed by atoms with Crippen LogP contribution in [-0.4, -0.2) is 42.2 Å². The number of aryl methyl sites for hydroxylation is 1. The first kappa shape index (κ1) is 18.6. The lowest BCUT2D eigenvalue weighted by atomic mass is 10.2. The van der Waals surface area contributed by atoms with Crippen molar-refractivity contribution >= 4 is 22.6 Å². The Labute approximate surface area is 167 Å². The number of nitrogens with zero attached hydrogens (tertiary/aromatic N) is 5. The zero-order chi connectivity index (χ0) is 20.4. The van der Waals surface area contributed by atoms with E-state index in [1.807, 2.05) is 12.1 Å². The number of amides is 1. The second kappa shape index (κ2) is 7.70. The number of fused-ring (bicyclic) bond motifs is 1. The van der Waals surface area contributed by atoms with E-state index in [1.54, 1.807) is 36.4 Å². The van der Waals surface area contributed by atoms with E-state index in [9.17, 15) is 4.79 Å². The molecule has 4 aromatic rings. The Kier molecular flexibility index (Phi) is 4.94. The summed E-state index contributed by atoms with van der Waals surface area (Å²) in [5.41, 5.74) is 2.83. The van der Waals surface area contributed by atoms with E-state index >= 15 is 0 Å². The monoisotopic (exact) mass is 391 g/mol. The third-order valence-corrected chi connectivity index (χ3v) is 4.17. The summed E-state index contributed by atoms with van der Waals surface area (Å²) in [6, 6.07) is 5.89. The van der Waals surface area contributed by atoms with E-state index in [4.69, 9.17) is 4.74 Å². The average Bonchev–Trinajstić information content (AvgIpc) is 3.32. The first-order valence-corrected chi connectivity index (χ1v) is 9.23. The minimum absolute atomic E-state index is 0.264. The lowest BCUT2D eigenvalue weighted by Gasteiger charge is -2.07. The molecule has 4 rings (SSSR count). The largest absolute Gasteiger partial charge is 0.463 e. The number of carbonyl (C=O) groups excluding carboxylic acids is 1. The van der Waals surface area contributed by atoms with Crippen molar-refractivity contribution in [2.75, 3.05) is 11.9 Å². The Hall–Kier alpha value is -3.75. The maximum absolute atomic E-state index is 12.3. The van der Waals surface area contributed by atoms with Gasteiger partial charge in [0.05, 0.1) is 35.3 Å². The van der Waals surface area contributed by atoms with E-state index < -0.39 is 0 Å². The molecule has 148 valence electrons. The van der Waals surface area contributed by atoms with Gasteiger partial charge in [-0.25, -0.2) is 9.97 Å². The van der Waals surface area contributed by atoms with Crippen molar-refractivity contribution < 1.29 is 9.53 Å².